The van der Waals surface area contributed by atoms with Crippen molar-refractivity contribution in [2.24, 2.45) is 0 Å². The molecule has 0 atom stereocenters. The van der Waals surface area contributed by atoms with Crippen LogP contribution in [0.3, 0.4) is 0 Å². The maximum absolute atomic E-state index is 11.9. The van der Waals surface area contributed by atoms with Crippen LogP contribution in [-0.2, 0) is 6.54 Å². The highest BCUT2D eigenvalue weighted by Gasteiger charge is 2.30. The zero-order valence-electron chi connectivity index (χ0n) is 18.6. The van der Waals surface area contributed by atoms with E-state index in [1.54, 1.807) is 24.3 Å². The summed E-state index contributed by atoms with van der Waals surface area (Å²) in [4.78, 5) is 24.0. The molecule has 9 heteroatoms. The molecule has 0 unspecified atom stereocenters. The monoisotopic (exact) mass is 449 g/mol. The first-order valence-electron chi connectivity index (χ1n) is 11.1. The molecule has 0 N–H and O–H groups in total. The van der Waals surface area contributed by atoms with Crippen LogP contribution >= 0.6 is 0 Å². The van der Waals surface area contributed by atoms with Crippen LogP contribution in [0.15, 0.2) is 60.9 Å². The molecule has 33 heavy (non-hydrogen) atoms. The average molecular weight is 450 g/mol. The Morgan fingerprint density at radius 2 is 1.67 bits per heavy atom. The Labute approximate surface area is 192 Å². The molecule has 0 bridgehead atoms. The van der Waals surface area contributed by atoms with Crippen molar-refractivity contribution in [1.82, 2.24) is 14.9 Å². The Kier molecular flexibility index (Phi) is 7.31. The largest absolute Gasteiger partial charge is 0.494 e. The Bertz CT molecular complexity index is 1050. The standard InChI is InChI=1S/C24H27N5O4/c1-2-16-32-20-8-10-21(11-9-20)33-24-22(29(30)31)23(25-18-26-24)28-14-12-27(13-15-28)17-19-6-4-3-5-7-19/h3-11,18H,2,12-17H2,1H3. The highest BCUT2D eigenvalue weighted by Crippen LogP contribution is 2.36. The second-order valence-corrected chi connectivity index (χ2v) is 7.78. The van der Waals surface area contributed by atoms with E-state index in [2.05, 4.69) is 27.0 Å². The Morgan fingerprint density at radius 1 is 0.970 bits per heavy atom. The van der Waals surface area contributed by atoms with E-state index < -0.39 is 4.92 Å². The van der Waals surface area contributed by atoms with Gasteiger partial charge < -0.3 is 14.4 Å². The molecule has 2 aromatic carbocycles. The molecule has 1 aliphatic heterocycles. The smallest absolute Gasteiger partial charge is 0.373 e. The minimum Gasteiger partial charge on any atom is -0.494 e. The van der Waals surface area contributed by atoms with Gasteiger partial charge >= 0.3 is 11.6 Å². The fraction of sp³-hybridized carbons (Fsp3) is 0.333. The van der Waals surface area contributed by atoms with Crippen molar-refractivity contribution in [3.8, 4) is 17.4 Å². The van der Waals surface area contributed by atoms with E-state index >= 15 is 0 Å². The highest BCUT2D eigenvalue weighted by atomic mass is 16.6. The van der Waals surface area contributed by atoms with E-state index in [9.17, 15) is 10.1 Å². The summed E-state index contributed by atoms with van der Waals surface area (Å²) in [5, 5.41) is 11.9. The number of anilines is 1. The van der Waals surface area contributed by atoms with Crippen molar-refractivity contribution < 1.29 is 14.4 Å². The lowest BCUT2D eigenvalue weighted by Gasteiger charge is -2.35. The van der Waals surface area contributed by atoms with Gasteiger partial charge in [-0.1, -0.05) is 37.3 Å². The summed E-state index contributed by atoms with van der Waals surface area (Å²) in [6.07, 6.45) is 2.22. The summed E-state index contributed by atoms with van der Waals surface area (Å²) in [5.41, 5.74) is 1.03. The Balaban J connectivity index is 1.46. The molecule has 0 spiro atoms. The summed E-state index contributed by atoms with van der Waals surface area (Å²) >= 11 is 0. The summed E-state index contributed by atoms with van der Waals surface area (Å²) in [5.74, 6) is 1.38. The van der Waals surface area contributed by atoms with Gasteiger partial charge in [0.1, 0.15) is 17.8 Å². The van der Waals surface area contributed by atoms with E-state index in [1.165, 1.54) is 11.9 Å². The molecular formula is C24H27N5O4. The van der Waals surface area contributed by atoms with Gasteiger partial charge in [0.05, 0.1) is 11.5 Å². The van der Waals surface area contributed by atoms with Crippen LogP contribution < -0.4 is 14.4 Å². The third-order valence-corrected chi connectivity index (χ3v) is 5.38. The Morgan fingerprint density at radius 3 is 2.33 bits per heavy atom. The van der Waals surface area contributed by atoms with Gasteiger partial charge in [-0.3, -0.25) is 15.0 Å². The molecule has 0 aliphatic carbocycles. The second-order valence-electron chi connectivity index (χ2n) is 7.78. The normalized spacial score (nSPS) is 14.2. The van der Waals surface area contributed by atoms with E-state index in [4.69, 9.17) is 9.47 Å². The van der Waals surface area contributed by atoms with E-state index in [-0.39, 0.29) is 17.4 Å². The number of nitrogens with zero attached hydrogens (tertiary/aromatic N) is 5. The van der Waals surface area contributed by atoms with Crippen LogP contribution in [0.4, 0.5) is 11.5 Å². The number of nitro groups is 1. The SMILES string of the molecule is CCCOc1ccc(Oc2ncnc(N3CCN(Cc4ccccc4)CC3)c2[N+](=O)[O-])cc1. The van der Waals surface area contributed by atoms with Crippen molar-refractivity contribution in [3.05, 3.63) is 76.6 Å². The topological polar surface area (TPSA) is 93.9 Å². The van der Waals surface area contributed by atoms with Crippen LogP contribution in [0.25, 0.3) is 0 Å². The number of piperazine rings is 1. The lowest BCUT2D eigenvalue weighted by Crippen LogP contribution is -2.46. The predicted octanol–water partition coefficient (Wildman–Crippen LogP) is 4.29. The minimum atomic E-state index is -0.472. The maximum Gasteiger partial charge on any atom is 0.373 e. The van der Waals surface area contributed by atoms with Crippen LogP contribution in [0.2, 0.25) is 0 Å². The highest BCUT2D eigenvalue weighted by molar-refractivity contribution is 5.63. The summed E-state index contributed by atoms with van der Waals surface area (Å²) in [7, 11) is 0. The fourth-order valence-corrected chi connectivity index (χ4v) is 3.71. The van der Waals surface area contributed by atoms with Crippen LogP contribution in [0, 0.1) is 10.1 Å². The number of benzene rings is 2. The first-order chi connectivity index (χ1) is 16.1. The summed E-state index contributed by atoms with van der Waals surface area (Å²) in [6.45, 7) is 6.34. The Hall–Kier alpha value is -3.72. The van der Waals surface area contributed by atoms with E-state index in [0.717, 1.165) is 31.8 Å². The fourth-order valence-electron chi connectivity index (χ4n) is 3.71. The number of rotatable bonds is 9. The van der Waals surface area contributed by atoms with Crippen molar-refractivity contribution in [2.45, 2.75) is 19.9 Å². The third kappa shape index (κ3) is 5.75. The minimum absolute atomic E-state index is 0.0704. The quantitative estimate of drug-likeness (QED) is 0.353. The van der Waals surface area contributed by atoms with Gasteiger partial charge in [0, 0.05) is 32.7 Å². The molecule has 1 saturated heterocycles. The average Bonchev–Trinajstić information content (AvgIpc) is 2.84. The summed E-state index contributed by atoms with van der Waals surface area (Å²) in [6, 6.07) is 17.2. The zero-order chi connectivity index (χ0) is 23.0. The van der Waals surface area contributed by atoms with Gasteiger partial charge in [0.25, 0.3) is 0 Å². The molecule has 9 nitrogen and oxygen atoms in total. The molecule has 0 saturated carbocycles. The zero-order valence-corrected chi connectivity index (χ0v) is 18.6. The summed E-state index contributed by atoms with van der Waals surface area (Å²) < 4.78 is 11.3. The van der Waals surface area contributed by atoms with Gasteiger partial charge in [-0.2, -0.15) is 4.98 Å². The molecule has 1 aliphatic rings. The molecule has 2 heterocycles. The number of hydrogen-bond acceptors (Lipinski definition) is 8. The maximum atomic E-state index is 11.9. The molecule has 4 rings (SSSR count). The van der Waals surface area contributed by atoms with Gasteiger partial charge in [0.15, 0.2) is 0 Å². The molecule has 3 aromatic rings. The first-order valence-corrected chi connectivity index (χ1v) is 11.1. The second kappa shape index (κ2) is 10.7. The predicted molar refractivity (Wildman–Crippen MR) is 125 cm³/mol. The van der Waals surface area contributed by atoms with E-state index in [0.29, 0.717) is 25.4 Å². The molecular weight excluding hydrogens is 422 g/mol. The number of hydrogen-bond donors (Lipinski definition) is 0. The number of ether oxygens (including phenoxy) is 2. The molecule has 172 valence electrons. The molecule has 1 aromatic heterocycles. The van der Waals surface area contributed by atoms with Crippen molar-refractivity contribution >= 4 is 11.5 Å². The first kappa shape index (κ1) is 22.5. The van der Waals surface area contributed by atoms with Crippen molar-refractivity contribution in [1.29, 1.82) is 0 Å². The van der Waals surface area contributed by atoms with Crippen LogP contribution in [0.5, 0.6) is 17.4 Å². The van der Waals surface area contributed by atoms with Crippen LogP contribution in [0.1, 0.15) is 18.9 Å². The molecule has 1 fully saturated rings. The van der Waals surface area contributed by atoms with Gasteiger partial charge in [-0.15, -0.1) is 0 Å². The van der Waals surface area contributed by atoms with Gasteiger partial charge in [-0.25, -0.2) is 4.98 Å². The van der Waals surface area contributed by atoms with Crippen molar-refractivity contribution in [2.75, 3.05) is 37.7 Å². The molecule has 0 radical (unpaired) electrons. The van der Waals surface area contributed by atoms with Gasteiger partial charge in [-0.05, 0) is 36.2 Å². The third-order valence-electron chi connectivity index (χ3n) is 5.38. The van der Waals surface area contributed by atoms with Crippen LogP contribution in [-0.4, -0.2) is 52.6 Å². The van der Waals surface area contributed by atoms with E-state index in [1.807, 2.05) is 30.0 Å². The number of aromatic nitrogens is 2. The lowest BCUT2D eigenvalue weighted by molar-refractivity contribution is -0.385. The lowest BCUT2D eigenvalue weighted by atomic mass is 10.2. The van der Waals surface area contributed by atoms with Crippen molar-refractivity contribution in [3.63, 3.8) is 0 Å². The van der Waals surface area contributed by atoms with Gasteiger partial charge in [0.2, 0.25) is 5.82 Å². The molecule has 0 amide bonds.